The Hall–Kier alpha value is -1.19. The van der Waals surface area contributed by atoms with Crippen LogP contribution in [-0.2, 0) is 0 Å². The number of halogens is 1. The van der Waals surface area contributed by atoms with Crippen LogP contribution in [0, 0.1) is 19.7 Å². The van der Waals surface area contributed by atoms with Crippen LogP contribution in [-0.4, -0.2) is 16.6 Å². The first kappa shape index (κ1) is 8.90. The Bertz CT molecular complexity index is 289. The summed E-state index contributed by atoms with van der Waals surface area (Å²) < 4.78 is 18.1. The molecule has 4 heteroatoms. The number of ether oxygens (including phenoxy) is 1. The molecule has 0 amide bonds. The summed E-state index contributed by atoms with van der Waals surface area (Å²) in [7, 11) is 0. The maximum Gasteiger partial charge on any atom is 0.254 e. The Kier molecular flexibility index (Phi) is 2.58. The molecule has 0 unspecified atom stereocenters. The molecule has 0 spiro atoms. The number of aromatic nitrogens is 2. The molecular formula is C8H11FN2O. The first-order valence-corrected chi connectivity index (χ1v) is 3.78. The summed E-state index contributed by atoms with van der Waals surface area (Å²) in [6, 6.07) is 0. The minimum Gasteiger partial charge on any atom is -0.476 e. The molecule has 0 atom stereocenters. The largest absolute Gasteiger partial charge is 0.476 e. The smallest absolute Gasteiger partial charge is 0.254 e. The molecule has 3 nitrogen and oxygen atoms in total. The van der Waals surface area contributed by atoms with Crippen molar-refractivity contribution in [1.82, 2.24) is 9.97 Å². The molecule has 1 aromatic rings. The Labute approximate surface area is 70.6 Å². The Balaban J connectivity index is 3.09. The number of aryl methyl sites for hydroxylation is 2. The van der Waals surface area contributed by atoms with Gasteiger partial charge in [-0.15, -0.1) is 0 Å². The molecular weight excluding hydrogens is 159 g/mol. The summed E-state index contributed by atoms with van der Waals surface area (Å²) in [5.74, 6) is 0.0994. The molecule has 66 valence electrons. The fourth-order valence-electron chi connectivity index (χ4n) is 0.900. The van der Waals surface area contributed by atoms with Gasteiger partial charge >= 0.3 is 0 Å². The second-order valence-electron chi connectivity index (χ2n) is 2.41. The van der Waals surface area contributed by atoms with Gasteiger partial charge in [0.15, 0.2) is 0 Å². The van der Waals surface area contributed by atoms with Crippen LogP contribution in [0.5, 0.6) is 5.88 Å². The first-order chi connectivity index (χ1) is 5.65. The molecule has 1 rings (SSSR count). The van der Waals surface area contributed by atoms with Gasteiger partial charge in [0.05, 0.1) is 12.3 Å². The summed E-state index contributed by atoms with van der Waals surface area (Å²) in [6.45, 7) is 5.49. The van der Waals surface area contributed by atoms with Crippen LogP contribution in [0.2, 0.25) is 0 Å². The first-order valence-electron chi connectivity index (χ1n) is 3.78. The van der Waals surface area contributed by atoms with Crippen LogP contribution in [0.3, 0.4) is 0 Å². The van der Waals surface area contributed by atoms with Gasteiger partial charge in [-0.05, 0) is 20.8 Å². The molecule has 0 saturated carbocycles. The SMILES string of the molecule is CCOc1nc(C)nc(C)c1F. The molecule has 0 radical (unpaired) electrons. The quantitative estimate of drug-likeness (QED) is 0.676. The summed E-state index contributed by atoms with van der Waals surface area (Å²) in [4.78, 5) is 7.66. The molecule has 0 aliphatic carbocycles. The van der Waals surface area contributed by atoms with E-state index >= 15 is 0 Å². The van der Waals surface area contributed by atoms with E-state index < -0.39 is 5.82 Å². The summed E-state index contributed by atoms with van der Waals surface area (Å²) in [5, 5.41) is 0. The predicted octanol–water partition coefficient (Wildman–Crippen LogP) is 1.63. The van der Waals surface area contributed by atoms with Crippen LogP contribution >= 0.6 is 0 Å². The molecule has 0 aromatic carbocycles. The number of hydrogen-bond acceptors (Lipinski definition) is 3. The third kappa shape index (κ3) is 1.69. The van der Waals surface area contributed by atoms with E-state index in [4.69, 9.17) is 4.74 Å². The topological polar surface area (TPSA) is 35.0 Å². The number of nitrogens with zero attached hydrogens (tertiary/aromatic N) is 2. The summed E-state index contributed by atoms with van der Waals surface area (Å²) in [6.07, 6.45) is 0. The lowest BCUT2D eigenvalue weighted by Gasteiger charge is -2.05. The lowest BCUT2D eigenvalue weighted by molar-refractivity contribution is 0.304. The zero-order valence-corrected chi connectivity index (χ0v) is 7.39. The van der Waals surface area contributed by atoms with Crippen molar-refractivity contribution < 1.29 is 9.13 Å². The van der Waals surface area contributed by atoms with Crippen molar-refractivity contribution in [1.29, 1.82) is 0 Å². The Morgan fingerprint density at radius 2 is 2.00 bits per heavy atom. The van der Waals surface area contributed by atoms with E-state index in [9.17, 15) is 4.39 Å². The fourth-order valence-corrected chi connectivity index (χ4v) is 0.900. The van der Waals surface area contributed by atoms with Gasteiger partial charge in [0.1, 0.15) is 5.82 Å². The molecule has 1 aromatic heterocycles. The minimum atomic E-state index is -0.470. The molecule has 12 heavy (non-hydrogen) atoms. The van der Waals surface area contributed by atoms with Crippen molar-refractivity contribution in [2.24, 2.45) is 0 Å². The molecule has 0 saturated heterocycles. The average Bonchev–Trinajstić information content (AvgIpc) is 2.00. The lowest BCUT2D eigenvalue weighted by Crippen LogP contribution is -2.03. The Morgan fingerprint density at radius 1 is 1.33 bits per heavy atom. The molecule has 0 fully saturated rings. The lowest BCUT2D eigenvalue weighted by atomic mass is 10.4. The van der Waals surface area contributed by atoms with Gasteiger partial charge in [0.25, 0.3) is 5.88 Å². The number of rotatable bonds is 2. The van der Waals surface area contributed by atoms with Gasteiger partial charge in [-0.3, -0.25) is 0 Å². The molecule has 0 aliphatic heterocycles. The van der Waals surface area contributed by atoms with E-state index in [1.165, 1.54) is 0 Å². The van der Waals surface area contributed by atoms with E-state index in [0.29, 0.717) is 18.1 Å². The van der Waals surface area contributed by atoms with Crippen molar-refractivity contribution in [2.45, 2.75) is 20.8 Å². The normalized spacial score (nSPS) is 10.0. The van der Waals surface area contributed by atoms with Crippen molar-refractivity contribution >= 4 is 0 Å². The van der Waals surface area contributed by atoms with Gasteiger partial charge in [0, 0.05) is 0 Å². The highest BCUT2D eigenvalue weighted by Crippen LogP contribution is 2.15. The standard InChI is InChI=1S/C8H11FN2O/c1-4-12-8-7(9)5(2)10-6(3)11-8/h4H2,1-3H3. The van der Waals surface area contributed by atoms with Gasteiger partial charge in [0.2, 0.25) is 5.82 Å². The second kappa shape index (κ2) is 3.47. The second-order valence-corrected chi connectivity index (χ2v) is 2.41. The molecule has 0 bridgehead atoms. The highest BCUT2D eigenvalue weighted by Gasteiger charge is 2.09. The average molecular weight is 170 g/mol. The highest BCUT2D eigenvalue weighted by molar-refractivity contribution is 5.18. The van der Waals surface area contributed by atoms with Crippen LogP contribution < -0.4 is 4.74 Å². The molecule has 0 aliphatic rings. The third-order valence-corrected chi connectivity index (χ3v) is 1.38. The zero-order valence-electron chi connectivity index (χ0n) is 7.39. The van der Waals surface area contributed by atoms with Crippen LogP contribution in [0.15, 0.2) is 0 Å². The van der Waals surface area contributed by atoms with E-state index in [1.807, 2.05) is 0 Å². The van der Waals surface area contributed by atoms with Crippen LogP contribution in [0.4, 0.5) is 4.39 Å². The van der Waals surface area contributed by atoms with Gasteiger partial charge in [-0.25, -0.2) is 4.98 Å². The van der Waals surface area contributed by atoms with E-state index in [2.05, 4.69) is 9.97 Å². The van der Waals surface area contributed by atoms with E-state index in [-0.39, 0.29) is 5.88 Å². The van der Waals surface area contributed by atoms with E-state index in [0.717, 1.165) is 0 Å². The van der Waals surface area contributed by atoms with Crippen molar-refractivity contribution in [2.75, 3.05) is 6.61 Å². The predicted molar refractivity (Wildman–Crippen MR) is 42.6 cm³/mol. The fraction of sp³-hybridized carbons (Fsp3) is 0.500. The maximum absolute atomic E-state index is 13.1. The van der Waals surface area contributed by atoms with Crippen molar-refractivity contribution in [3.63, 3.8) is 0 Å². The van der Waals surface area contributed by atoms with E-state index in [1.54, 1.807) is 20.8 Å². The summed E-state index contributed by atoms with van der Waals surface area (Å²) in [5.41, 5.74) is 0.325. The Morgan fingerprint density at radius 3 is 2.58 bits per heavy atom. The van der Waals surface area contributed by atoms with Crippen molar-refractivity contribution in [3.05, 3.63) is 17.3 Å². The molecule has 1 heterocycles. The van der Waals surface area contributed by atoms with Crippen molar-refractivity contribution in [3.8, 4) is 5.88 Å². The minimum absolute atomic E-state index is 0.0440. The summed E-state index contributed by atoms with van der Waals surface area (Å²) >= 11 is 0. The highest BCUT2D eigenvalue weighted by atomic mass is 19.1. The maximum atomic E-state index is 13.1. The van der Waals surface area contributed by atoms with Gasteiger partial charge in [-0.1, -0.05) is 0 Å². The van der Waals surface area contributed by atoms with Crippen LogP contribution in [0.25, 0.3) is 0 Å². The zero-order chi connectivity index (χ0) is 9.14. The van der Waals surface area contributed by atoms with Gasteiger partial charge in [-0.2, -0.15) is 9.37 Å². The third-order valence-electron chi connectivity index (χ3n) is 1.38. The van der Waals surface area contributed by atoms with Gasteiger partial charge < -0.3 is 4.74 Å². The number of hydrogen-bond donors (Lipinski definition) is 0. The molecule has 0 N–H and O–H groups in total. The van der Waals surface area contributed by atoms with Crippen LogP contribution in [0.1, 0.15) is 18.4 Å². The monoisotopic (exact) mass is 170 g/mol.